The van der Waals surface area contributed by atoms with E-state index >= 15 is 0 Å². The van der Waals surface area contributed by atoms with E-state index in [-0.39, 0.29) is 0 Å². The van der Waals surface area contributed by atoms with Crippen molar-refractivity contribution >= 4 is 11.3 Å². The van der Waals surface area contributed by atoms with Crippen LogP contribution in [0.5, 0.6) is 0 Å². The minimum atomic E-state index is 0.311. The molecule has 0 aliphatic heterocycles. The molecule has 1 unspecified atom stereocenters. The van der Waals surface area contributed by atoms with Crippen molar-refractivity contribution in [2.24, 2.45) is 5.73 Å². The van der Waals surface area contributed by atoms with Crippen molar-refractivity contribution in [2.45, 2.75) is 25.9 Å². The summed E-state index contributed by atoms with van der Waals surface area (Å²) in [4.78, 5) is 3.74. The predicted molar refractivity (Wildman–Crippen MR) is 58.9 cm³/mol. The van der Waals surface area contributed by atoms with Crippen LogP contribution in [-0.2, 0) is 6.54 Å². The molecule has 0 aliphatic carbocycles. The topological polar surface area (TPSA) is 29.3 Å². The van der Waals surface area contributed by atoms with Crippen molar-refractivity contribution in [3.8, 4) is 0 Å². The number of nitrogens with two attached hydrogens (primary N) is 1. The van der Waals surface area contributed by atoms with Crippen molar-refractivity contribution in [1.29, 1.82) is 0 Å². The van der Waals surface area contributed by atoms with Gasteiger partial charge >= 0.3 is 0 Å². The first kappa shape index (κ1) is 10.7. The lowest BCUT2D eigenvalue weighted by atomic mass is 10.2. The first-order valence-electron chi connectivity index (χ1n) is 4.65. The van der Waals surface area contributed by atoms with Crippen LogP contribution in [0, 0.1) is 0 Å². The van der Waals surface area contributed by atoms with Crippen LogP contribution in [0.15, 0.2) is 17.5 Å². The van der Waals surface area contributed by atoms with Gasteiger partial charge in [0.1, 0.15) is 0 Å². The molecule has 2 N–H and O–H groups in total. The second kappa shape index (κ2) is 5.37. The van der Waals surface area contributed by atoms with Gasteiger partial charge in [0.25, 0.3) is 0 Å². The molecule has 0 radical (unpaired) electrons. The summed E-state index contributed by atoms with van der Waals surface area (Å²) >= 11 is 1.81. The number of thiophene rings is 1. The van der Waals surface area contributed by atoms with Crippen molar-refractivity contribution < 1.29 is 0 Å². The fourth-order valence-electron chi connectivity index (χ4n) is 1.17. The molecule has 0 aliphatic rings. The van der Waals surface area contributed by atoms with Gasteiger partial charge in [-0.3, -0.25) is 0 Å². The molecule has 0 saturated carbocycles. The summed E-state index contributed by atoms with van der Waals surface area (Å²) in [5.41, 5.74) is 5.69. The normalized spacial score (nSPS) is 13.5. The van der Waals surface area contributed by atoms with E-state index in [1.54, 1.807) is 0 Å². The van der Waals surface area contributed by atoms with Gasteiger partial charge in [0, 0.05) is 17.5 Å². The van der Waals surface area contributed by atoms with Gasteiger partial charge in [0.15, 0.2) is 0 Å². The monoisotopic (exact) mass is 198 g/mol. The van der Waals surface area contributed by atoms with Crippen LogP contribution in [0.1, 0.15) is 18.2 Å². The molecule has 0 aromatic carbocycles. The summed E-state index contributed by atoms with van der Waals surface area (Å²) in [6.07, 6.45) is 1.07. The molecule has 0 saturated heterocycles. The smallest absolute Gasteiger partial charge is 0.0324 e. The molecular weight excluding hydrogens is 180 g/mol. The van der Waals surface area contributed by atoms with Gasteiger partial charge in [-0.2, -0.15) is 0 Å². The molecule has 0 bridgehead atoms. The average molecular weight is 198 g/mol. The lowest BCUT2D eigenvalue weighted by molar-refractivity contribution is 0.316. The zero-order valence-corrected chi connectivity index (χ0v) is 9.18. The lowest BCUT2D eigenvalue weighted by Gasteiger charge is -2.16. The van der Waals surface area contributed by atoms with Gasteiger partial charge in [0.05, 0.1) is 0 Å². The van der Waals surface area contributed by atoms with Crippen LogP contribution in [-0.4, -0.2) is 24.5 Å². The van der Waals surface area contributed by atoms with Crippen molar-refractivity contribution in [3.63, 3.8) is 0 Å². The average Bonchev–Trinajstić information content (AvgIpc) is 2.53. The standard InChI is InChI=1S/C10H18N2S/c1-9(11)5-6-12(2)8-10-4-3-7-13-10/h3-4,7,9H,5-6,8,11H2,1-2H3. The Bertz CT molecular complexity index is 219. The van der Waals surface area contributed by atoms with Gasteiger partial charge in [-0.15, -0.1) is 11.3 Å². The first-order chi connectivity index (χ1) is 6.18. The molecule has 1 heterocycles. The highest BCUT2D eigenvalue weighted by Gasteiger charge is 2.02. The number of hydrogen-bond acceptors (Lipinski definition) is 3. The number of rotatable bonds is 5. The first-order valence-corrected chi connectivity index (χ1v) is 5.53. The molecule has 1 atom stereocenters. The van der Waals surface area contributed by atoms with Crippen LogP contribution in [0.2, 0.25) is 0 Å². The summed E-state index contributed by atoms with van der Waals surface area (Å²) in [7, 11) is 2.14. The fraction of sp³-hybridized carbons (Fsp3) is 0.600. The van der Waals surface area contributed by atoms with Crippen LogP contribution in [0.3, 0.4) is 0 Å². The number of nitrogens with zero attached hydrogens (tertiary/aromatic N) is 1. The van der Waals surface area contributed by atoms with Crippen LogP contribution >= 0.6 is 11.3 Å². The Morgan fingerprint density at radius 3 is 2.92 bits per heavy atom. The van der Waals surface area contributed by atoms with Gasteiger partial charge in [-0.25, -0.2) is 0 Å². The van der Waals surface area contributed by atoms with E-state index < -0.39 is 0 Å². The quantitative estimate of drug-likeness (QED) is 0.783. The second-order valence-corrected chi connectivity index (χ2v) is 4.62. The molecule has 0 amide bonds. The Kier molecular flexibility index (Phi) is 4.42. The third-order valence-electron chi connectivity index (χ3n) is 1.97. The van der Waals surface area contributed by atoms with Gasteiger partial charge in [-0.1, -0.05) is 6.07 Å². The molecular formula is C10H18N2S. The summed E-state index contributed by atoms with van der Waals surface area (Å²) in [5.74, 6) is 0. The Balaban J connectivity index is 2.22. The zero-order valence-electron chi connectivity index (χ0n) is 8.36. The Morgan fingerprint density at radius 2 is 2.38 bits per heavy atom. The molecule has 1 aromatic heterocycles. The summed E-state index contributed by atoms with van der Waals surface area (Å²) < 4.78 is 0. The highest BCUT2D eigenvalue weighted by Crippen LogP contribution is 2.10. The molecule has 0 spiro atoms. The fourth-order valence-corrected chi connectivity index (χ4v) is 1.96. The lowest BCUT2D eigenvalue weighted by Crippen LogP contribution is -2.25. The molecule has 3 heteroatoms. The van der Waals surface area contributed by atoms with Crippen LogP contribution in [0.4, 0.5) is 0 Å². The molecule has 2 nitrogen and oxygen atoms in total. The third kappa shape index (κ3) is 4.41. The largest absolute Gasteiger partial charge is 0.328 e. The maximum atomic E-state index is 5.69. The van der Waals surface area contributed by atoms with E-state index in [0.29, 0.717) is 6.04 Å². The highest BCUT2D eigenvalue weighted by atomic mass is 32.1. The van der Waals surface area contributed by atoms with Gasteiger partial charge in [0.2, 0.25) is 0 Å². The van der Waals surface area contributed by atoms with E-state index in [4.69, 9.17) is 5.73 Å². The molecule has 0 fully saturated rings. The van der Waals surface area contributed by atoms with E-state index in [2.05, 4.69) is 36.4 Å². The molecule has 1 rings (SSSR count). The van der Waals surface area contributed by atoms with Gasteiger partial charge in [-0.05, 0) is 38.4 Å². The molecule has 13 heavy (non-hydrogen) atoms. The van der Waals surface area contributed by atoms with E-state index in [9.17, 15) is 0 Å². The highest BCUT2D eigenvalue weighted by molar-refractivity contribution is 7.09. The maximum absolute atomic E-state index is 5.69. The summed E-state index contributed by atoms with van der Waals surface area (Å²) in [6, 6.07) is 4.58. The van der Waals surface area contributed by atoms with E-state index in [1.807, 2.05) is 11.3 Å². The predicted octanol–water partition coefficient (Wildman–Crippen LogP) is 1.92. The second-order valence-electron chi connectivity index (χ2n) is 3.58. The zero-order chi connectivity index (χ0) is 9.68. The van der Waals surface area contributed by atoms with E-state index in [0.717, 1.165) is 19.5 Å². The Morgan fingerprint density at radius 1 is 1.62 bits per heavy atom. The van der Waals surface area contributed by atoms with Crippen molar-refractivity contribution in [3.05, 3.63) is 22.4 Å². The Hall–Kier alpha value is -0.380. The summed E-state index contributed by atoms with van der Waals surface area (Å²) in [6.45, 7) is 4.18. The minimum Gasteiger partial charge on any atom is -0.328 e. The molecule has 1 aromatic rings. The SMILES string of the molecule is CC(N)CCN(C)Cc1cccs1. The Labute approximate surface area is 84.4 Å². The van der Waals surface area contributed by atoms with Crippen molar-refractivity contribution in [2.75, 3.05) is 13.6 Å². The summed E-state index contributed by atoms with van der Waals surface area (Å²) in [5, 5.41) is 2.12. The van der Waals surface area contributed by atoms with Crippen LogP contribution in [0.25, 0.3) is 0 Å². The molecule has 74 valence electrons. The van der Waals surface area contributed by atoms with Crippen LogP contribution < -0.4 is 5.73 Å². The van der Waals surface area contributed by atoms with Crippen molar-refractivity contribution in [1.82, 2.24) is 4.90 Å². The third-order valence-corrected chi connectivity index (χ3v) is 2.83. The van der Waals surface area contributed by atoms with E-state index in [1.165, 1.54) is 4.88 Å². The van der Waals surface area contributed by atoms with Gasteiger partial charge < -0.3 is 10.6 Å². The maximum Gasteiger partial charge on any atom is 0.0324 e. The number of hydrogen-bond donors (Lipinski definition) is 1. The minimum absolute atomic E-state index is 0.311.